The molecule has 4 aromatic carbocycles. The molecule has 0 bridgehead atoms. The van der Waals surface area contributed by atoms with Gasteiger partial charge in [-0.15, -0.1) is 0 Å². The molecule has 6 rings (SSSR count). The Labute approximate surface area is 262 Å². The van der Waals surface area contributed by atoms with Crippen molar-refractivity contribution in [2.75, 3.05) is 0 Å². The molecule has 0 fully saturated rings. The van der Waals surface area contributed by atoms with Gasteiger partial charge in [0.25, 0.3) is 0 Å². The molecule has 0 saturated carbocycles. The summed E-state index contributed by atoms with van der Waals surface area (Å²) >= 11 is -4.77. The molecule has 0 N–H and O–H groups in total. The van der Waals surface area contributed by atoms with Gasteiger partial charge in [0.15, 0.2) is 0 Å². The predicted octanol–water partition coefficient (Wildman–Crippen LogP) is 12.0. The van der Waals surface area contributed by atoms with Crippen LogP contribution in [0.3, 0.4) is 0 Å². The number of rotatable bonds is 4. The molecule has 0 aliphatic heterocycles. The first-order valence-corrected chi connectivity index (χ1v) is 43.4. The van der Waals surface area contributed by atoms with Gasteiger partial charge in [-0.3, -0.25) is 0 Å². The van der Waals surface area contributed by atoms with Crippen LogP contribution in [0.1, 0.15) is 82.3 Å². The Morgan fingerprint density at radius 3 is 1.16 bits per heavy atom. The fourth-order valence-corrected chi connectivity index (χ4v) is 37.2. The second-order valence-corrected chi connectivity index (χ2v) is 107. The Hall–Kier alpha value is -2.55. The van der Waals surface area contributed by atoms with Gasteiger partial charge >= 0.3 is 264 Å². The van der Waals surface area contributed by atoms with Crippen molar-refractivity contribution in [2.24, 2.45) is 0 Å². The van der Waals surface area contributed by atoms with Gasteiger partial charge in [-0.05, 0) is 0 Å². The first-order valence-electron chi connectivity index (χ1n) is 16.5. The number of benzene rings is 4. The van der Waals surface area contributed by atoms with Gasteiger partial charge in [0, 0.05) is 0 Å². The summed E-state index contributed by atoms with van der Waals surface area (Å²) in [5.74, 6) is 0. The first kappa shape index (κ1) is 31.4. The van der Waals surface area contributed by atoms with E-state index >= 15 is 0 Å². The zero-order chi connectivity index (χ0) is 32.0. The van der Waals surface area contributed by atoms with Crippen molar-refractivity contribution in [1.82, 2.24) is 0 Å². The van der Waals surface area contributed by atoms with Crippen molar-refractivity contribution >= 4 is 19.1 Å². The summed E-state index contributed by atoms with van der Waals surface area (Å²) in [5, 5.41) is 0. The summed E-state index contributed by atoms with van der Waals surface area (Å²) in [4.78, 5) is 0. The Balaban J connectivity index is 1.44. The van der Waals surface area contributed by atoms with Crippen LogP contribution >= 0.6 is 0 Å². The monoisotopic (exact) mass is 764 g/mol. The van der Waals surface area contributed by atoms with E-state index in [2.05, 4.69) is 176 Å². The van der Waals surface area contributed by atoms with Gasteiger partial charge < -0.3 is 0 Å². The van der Waals surface area contributed by atoms with Crippen LogP contribution in [0.15, 0.2) is 97.1 Å². The quantitative estimate of drug-likeness (QED) is 0.182. The molecule has 2 unspecified atom stereocenters. The average molecular weight is 763 g/mol. The molecule has 44 heavy (non-hydrogen) atoms. The van der Waals surface area contributed by atoms with Crippen LogP contribution < -0.4 is 0 Å². The maximum absolute atomic E-state index is 4.77. The Morgan fingerprint density at radius 2 is 0.841 bits per heavy atom. The number of hydrogen-bond acceptors (Lipinski definition) is 0. The molecular weight excluding hydrogens is 711 g/mol. The molecule has 2 aliphatic carbocycles. The number of fused-ring (bicyclic) bond motifs is 2. The van der Waals surface area contributed by atoms with E-state index in [9.17, 15) is 0 Å². The van der Waals surface area contributed by atoms with Crippen LogP contribution in [0, 0.1) is 0 Å². The Morgan fingerprint density at radius 1 is 0.500 bits per heavy atom. The van der Waals surface area contributed by atoms with Gasteiger partial charge in [-0.25, -0.2) is 0 Å². The van der Waals surface area contributed by atoms with Gasteiger partial charge in [-0.2, -0.15) is 0 Å². The summed E-state index contributed by atoms with van der Waals surface area (Å²) in [6.07, 6.45) is 10.1. The van der Waals surface area contributed by atoms with E-state index in [4.69, 9.17) is 0 Å². The second-order valence-electron chi connectivity index (χ2n) is 20.2. The molecule has 0 aromatic heterocycles. The molecule has 0 radical (unpaired) electrons. The topological polar surface area (TPSA) is 0 Å². The minimum atomic E-state index is -4.77. The van der Waals surface area contributed by atoms with E-state index in [1.165, 1.54) is 55.6 Å². The van der Waals surface area contributed by atoms with Gasteiger partial charge in [0.2, 0.25) is 0 Å². The van der Waals surface area contributed by atoms with E-state index in [-0.39, 0.29) is 10.8 Å². The molecule has 0 amide bonds. The van der Waals surface area contributed by atoms with E-state index < -0.39 is 14.2 Å². The van der Waals surface area contributed by atoms with Gasteiger partial charge in [0.1, 0.15) is 0 Å². The van der Waals surface area contributed by atoms with Crippen LogP contribution in [0.4, 0.5) is 0 Å². The van der Waals surface area contributed by atoms with Crippen LogP contribution in [0.25, 0.3) is 34.4 Å². The summed E-state index contributed by atoms with van der Waals surface area (Å²) < 4.78 is 11.7. The molecular formula is C42H52HfSi. The zero-order valence-corrected chi connectivity index (χ0v) is 33.8. The van der Waals surface area contributed by atoms with Gasteiger partial charge in [-0.1, -0.05) is 0 Å². The first-order chi connectivity index (χ1) is 20.1. The van der Waals surface area contributed by atoms with Crippen molar-refractivity contribution in [3.63, 3.8) is 0 Å². The van der Waals surface area contributed by atoms with Gasteiger partial charge in [0.05, 0.1) is 0 Å². The SMILES string of the molecule is CC(C)(C)c1ccc(-c2cccc3c2C=C[CH]3[Hf]([CH3])([CH3])([CH3])([CH3])(=[SiH2])[CH]2C=Cc3c(-c4ccc(C(C)(C)C)cc4)cccc32)cc1. The summed E-state index contributed by atoms with van der Waals surface area (Å²) in [5.41, 5.74) is 14.2. The van der Waals surface area contributed by atoms with Crippen LogP contribution in [0.5, 0.6) is 0 Å². The summed E-state index contributed by atoms with van der Waals surface area (Å²) in [6, 6.07) is 32.6. The standard InChI is InChI=1S/2C19H19.4CH3.Hf.H2Si/c2*1-19(2,3)16-12-10-15(11-13-16)18-9-5-7-14-6-4-8-17(14)18;;;;;;/h2*4-13H,1-3H3;4*1H3;;1H2. The Bertz CT molecular complexity index is 1840. The summed E-state index contributed by atoms with van der Waals surface area (Å²) in [6.45, 7) is 16.1. The fourth-order valence-electron chi connectivity index (χ4n) is 8.33. The van der Waals surface area contributed by atoms with E-state index in [0.29, 0.717) is 7.35 Å². The Kier molecular flexibility index (Phi) is 6.30. The third-order valence-corrected chi connectivity index (χ3v) is 45.7. The third-order valence-electron chi connectivity index (χ3n) is 11.3. The van der Waals surface area contributed by atoms with E-state index in [1.807, 2.05) is 0 Å². The van der Waals surface area contributed by atoms with Crippen molar-refractivity contribution in [3.05, 3.63) is 130 Å². The van der Waals surface area contributed by atoms with Crippen molar-refractivity contribution in [1.29, 1.82) is 0 Å². The van der Waals surface area contributed by atoms with Crippen LogP contribution in [-0.4, -0.2) is 6.94 Å². The normalized spacial score (nSPS) is 20.4. The molecule has 0 saturated heterocycles. The predicted molar refractivity (Wildman–Crippen MR) is 197 cm³/mol. The molecule has 2 heteroatoms. The molecule has 0 heterocycles. The van der Waals surface area contributed by atoms with E-state index in [1.54, 1.807) is 0 Å². The minimum absolute atomic E-state index is 0.153. The number of allylic oxidation sites excluding steroid dienone is 2. The third kappa shape index (κ3) is 5.05. The van der Waals surface area contributed by atoms with Crippen LogP contribution in [0.2, 0.25) is 18.7 Å². The molecule has 4 aromatic rings. The van der Waals surface area contributed by atoms with Crippen LogP contribution in [-0.2, 0) is 25.0 Å². The van der Waals surface area contributed by atoms with Crippen molar-refractivity contribution < 1.29 is 14.2 Å². The number of hydrogen-bond donors (Lipinski definition) is 0. The molecule has 2 atom stereocenters. The van der Waals surface area contributed by atoms with Crippen molar-refractivity contribution in [2.45, 2.75) is 78.4 Å². The molecule has 2 aliphatic rings. The summed E-state index contributed by atoms with van der Waals surface area (Å²) in [7, 11) is 0. The van der Waals surface area contributed by atoms with E-state index in [0.717, 1.165) is 0 Å². The molecule has 0 nitrogen and oxygen atoms in total. The maximum atomic E-state index is 2.73. The fraction of sp³-hybridized carbons (Fsp3) is 0.333. The average Bonchev–Trinajstić information content (AvgIpc) is 3.58. The van der Waals surface area contributed by atoms with Crippen molar-refractivity contribution in [3.8, 4) is 22.3 Å². The second kappa shape index (κ2) is 8.83. The molecule has 228 valence electrons. The zero-order valence-electron chi connectivity index (χ0n) is 28.8. The molecule has 0 spiro atoms.